The van der Waals surface area contributed by atoms with Crippen LogP contribution in [0.15, 0.2) is 35.4 Å². The number of carboxylic acid groups (broad SMARTS) is 2. The second-order valence-corrected chi connectivity index (χ2v) is 9.72. The Morgan fingerprint density at radius 3 is 1.94 bits per heavy atom. The van der Waals surface area contributed by atoms with E-state index in [0.29, 0.717) is 5.82 Å². The number of pyridine rings is 1. The molecule has 0 aliphatic carbocycles. The maximum Gasteiger partial charge on any atom is 0.490 e. The van der Waals surface area contributed by atoms with E-state index >= 15 is 0 Å². The summed E-state index contributed by atoms with van der Waals surface area (Å²) in [5.74, 6) is -3.44. The molecule has 1 saturated heterocycles. The highest BCUT2D eigenvalue weighted by Crippen LogP contribution is 2.29. The summed E-state index contributed by atoms with van der Waals surface area (Å²) in [6, 6.07) is 6.43. The number of hydrogen-bond donors (Lipinski definition) is 3. The molecule has 1 fully saturated rings. The van der Waals surface area contributed by atoms with Gasteiger partial charge in [-0.05, 0) is 56.0 Å². The predicted octanol–water partition coefficient (Wildman–Crippen LogP) is 4.21. The van der Waals surface area contributed by atoms with Crippen LogP contribution in [0.4, 0.5) is 24.7 Å². The first-order valence-corrected chi connectivity index (χ1v) is 12.1. The lowest BCUT2D eigenvalue weighted by atomic mass is 10.2. The summed E-state index contributed by atoms with van der Waals surface area (Å²) in [5, 5.41) is 16.4. The molecule has 35 heavy (non-hydrogen) atoms. The van der Waals surface area contributed by atoms with Crippen molar-refractivity contribution in [3.05, 3.63) is 47.2 Å². The molecule has 0 bridgehead atoms. The average Bonchev–Trinajstić information content (AvgIpc) is 3.02. The second kappa shape index (κ2) is 11.4. The maximum absolute atomic E-state index is 13.0. The number of aliphatic carboxylic acids is 1. The lowest BCUT2D eigenvalue weighted by Crippen LogP contribution is -2.27. The number of anilines is 2. The predicted molar refractivity (Wildman–Crippen MR) is 122 cm³/mol. The number of aromatic carboxylic acids is 1. The number of hydrogen-bond acceptors (Lipinski definition) is 6. The highest BCUT2D eigenvalue weighted by atomic mass is 32.2. The molecule has 3 rings (SSSR count). The molecule has 2 heterocycles. The number of aryl methyl sites for hydroxylation is 2. The summed E-state index contributed by atoms with van der Waals surface area (Å²) in [5.41, 5.74) is 1.81. The van der Waals surface area contributed by atoms with Crippen molar-refractivity contribution in [1.82, 2.24) is 4.98 Å². The van der Waals surface area contributed by atoms with Crippen molar-refractivity contribution >= 4 is 33.5 Å². The number of alkyl halides is 3. The highest BCUT2D eigenvalue weighted by Gasteiger charge is 2.38. The van der Waals surface area contributed by atoms with Gasteiger partial charge in [0.25, 0.3) is 10.0 Å². The van der Waals surface area contributed by atoms with Gasteiger partial charge in [0.2, 0.25) is 0 Å². The molecule has 0 atom stereocenters. The van der Waals surface area contributed by atoms with Crippen molar-refractivity contribution in [3.63, 3.8) is 0 Å². The van der Waals surface area contributed by atoms with Crippen LogP contribution in [0.2, 0.25) is 0 Å². The Balaban J connectivity index is 0.000000540. The molecule has 0 saturated carbocycles. The van der Waals surface area contributed by atoms with E-state index in [2.05, 4.69) is 9.71 Å². The third-order valence-corrected chi connectivity index (χ3v) is 6.36. The van der Waals surface area contributed by atoms with Gasteiger partial charge in [-0.3, -0.25) is 4.72 Å². The third-order valence-electron chi connectivity index (χ3n) is 5.01. The van der Waals surface area contributed by atoms with Crippen LogP contribution >= 0.6 is 0 Å². The Kier molecular flexibility index (Phi) is 9.07. The molecule has 0 spiro atoms. The molecule has 13 heteroatoms. The molecule has 1 aromatic heterocycles. The van der Waals surface area contributed by atoms with E-state index in [1.807, 2.05) is 24.8 Å². The molecule has 0 amide bonds. The quantitative estimate of drug-likeness (QED) is 0.537. The molecule has 2 aromatic rings. The van der Waals surface area contributed by atoms with Gasteiger partial charge in [-0.1, -0.05) is 18.9 Å². The van der Waals surface area contributed by atoms with Gasteiger partial charge >= 0.3 is 18.1 Å². The molecule has 1 aromatic carbocycles. The standard InChI is InChI=1S/C20H25N3O4S.C2HF3O2/c1-14-9-15(2)11-17(10-14)28(26,27)22-18-12-16(20(24)25)13-21-19(18)23-7-5-3-4-6-8-23;3-2(4,5)1(6)7/h9-13,22H,3-8H2,1-2H3,(H,24,25);(H,6,7). The van der Waals surface area contributed by atoms with E-state index in [0.717, 1.165) is 49.9 Å². The minimum absolute atomic E-state index is 0.0586. The molecule has 9 nitrogen and oxygen atoms in total. The monoisotopic (exact) mass is 517 g/mol. The Morgan fingerprint density at radius 1 is 0.971 bits per heavy atom. The lowest BCUT2D eigenvalue weighted by molar-refractivity contribution is -0.192. The van der Waals surface area contributed by atoms with E-state index < -0.39 is 28.1 Å². The highest BCUT2D eigenvalue weighted by molar-refractivity contribution is 7.92. The molecular weight excluding hydrogens is 491 g/mol. The van der Waals surface area contributed by atoms with Crippen molar-refractivity contribution in [2.75, 3.05) is 22.7 Å². The first kappa shape index (κ1) is 27.9. The molecule has 192 valence electrons. The number of nitrogens with one attached hydrogen (secondary N) is 1. The van der Waals surface area contributed by atoms with Crippen LogP contribution in [0.5, 0.6) is 0 Å². The zero-order valence-electron chi connectivity index (χ0n) is 19.1. The third kappa shape index (κ3) is 8.12. The topological polar surface area (TPSA) is 137 Å². The zero-order chi connectivity index (χ0) is 26.4. The van der Waals surface area contributed by atoms with Crippen LogP contribution in [0.3, 0.4) is 0 Å². The second-order valence-electron chi connectivity index (χ2n) is 8.03. The summed E-state index contributed by atoms with van der Waals surface area (Å²) in [6.07, 6.45) is 0.412. The van der Waals surface area contributed by atoms with Gasteiger partial charge in [-0.25, -0.2) is 23.0 Å². The number of halogens is 3. The van der Waals surface area contributed by atoms with Crippen molar-refractivity contribution < 1.29 is 41.4 Å². The van der Waals surface area contributed by atoms with Gasteiger partial charge in [0.05, 0.1) is 16.1 Å². The minimum Gasteiger partial charge on any atom is -0.478 e. The molecule has 1 aliphatic heterocycles. The maximum atomic E-state index is 13.0. The normalized spacial score (nSPS) is 14.4. The summed E-state index contributed by atoms with van der Waals surface area (Å²) in [6.45, 7) is 5.19. The summed E-state index contributed by atoms with van der Waals surface area (Å²) in [4.78, 5) is 26.8. The van der Waals surface area contributed by atoms with Gasteiger partial charge in [0.1, 0.15) is 0 Å². The van der Waals surface area contributed by atoms with Crippen molar-refractivity contribution in [1.29, 1.82) is 0 Å². The first-order chi connectivity index (χ1) is 16.2. The number of sulfonamides is 1. The van der Waals surface area contributed by atoms with Crippen LogP contribution in [0.25, 0.3) is 0 Å². The minimum atomic E-state index is -5.08. The van der Waals surface area contributed by atoms with Gasteiger partial charge in [0.15, 0.2) is 5.82 Å². The molecule has 3 N–H and O–H groups in total. The summed E-state index contributed by atoms with van der Waals surface area (Å²) in [7, 11) is -3.88. The fraction of sp³-hybridized carbons (Fsp3) is 0.409. The fourth-order valence-electron chi connectivity index (χ4n) is 3.48. The van der Waals surface area contributed by atoms with Crippen LogP contribution in [0.1, 0.15) is 47.2 Å². The Labute approximate surface area is 200 Å². The summed E-state index contributed by atoms with van der Waals surface area (Å²) < 4.78 is 60.3. The molecular formula is C22H26F3N3O6S. The number of benzene rings is 1. The van der Waals surface area contributed by atoms with Crippen molar-refractivity contribution in [2.24, 2.45) is 0 Å². The van der Waals surface area contributed by atoms with Crippen LogP contribution in [-0.2, 0) is 14.8 Å². The Hall–Kier alpha value is -3.35. The van der Waals surface area contributed by atoms with Crippen LogP contribution in [-0.4, -0.2) is 54.8 Å². The van der Waals surface area contributed by atoms with Gasteiger partial charge in [0, 0.05) is 19.3 Å². The average molecular weight is 518 g/mol. The van der Waals surface area contributed by atoms with E-state index in [1.165, 1.54) is 12.3 Å². The molecule has 0 unspecified atom stereocenters. The number of carboxylic acids is 2. The summed E-state index contributed by atoms with van der Waals surface area (Å²) >= 11 is 0. The van der Waals surface area contributed by atoms with Crippen LogP contribution < -0.4 is 9.62 Å². The molecule has 1 aliphatic rings. The van der Waals surface area contributed by atoms with Gasteiger partial charge in [-0.15, -0.1) is 0 Å². The fourth-order valence-corrected chi connectivity index (χ4v) is 4.72. The number of rotatable bonds is 5. The van der Waals surface area contributed by atoms with Crippen LogP contribution in [0, 0.1) is 13.8 Å². The largest absolute Gasteiger partial charge is 0.490 e. The van der Waals surface area contributed by atoms with E-state index in [1.54, 1.807) is 12.1 Å². The van der Waals surface area contributed by atoms with Gasteiger partial charge < -0.3 is 15.1 Å². The Bertz CT molecular complexity index is 1160. The molecule has 0 radical (unpaired) electrons. The Morgan fingerprint density at radius 2 is 1.49 bits per heavy atom. The number of nitrogens with zero attached hydrogens (tertiary/aromatic N) is 2. The number of carbonyl (C=O) groups is 2. The number of aromatic nitrogens is 1. The van der Waals surface area contributed by atoms with E-state index in [-0.39, 0.29) is 16.1 Å². The zero-order valence-corrected chi connectivity index (χ0v) is 19.9. The van der Waals surface area contributed by atoms with E-state index in [4.69, 9.17) is 9.90 Å². The van der Waals surface area contributed by atoms with Crippen molar-refractivity contribution in [3.8, 4) is 0 Å². The lowest BCUT2D eigenvalue weighted by Gasteiger charge is -2.24. The van der Waals surface area contributed by atoms with Gasteiger partial charge in [-0.2, -0.15) is 13.2 Å². The first-order valence-electron chi connectivity index (χ1n) is 10.6. The smallest absolute Gasteiger partial charge is 0.478 e. The van der Waals surface area contributed by atoms with Crippen molar-refractivity contribution in [2.45, 2.75) is 50.6 Å². The SMILES string of the molecule is Cc1cc(C)cc(S(=O)(=O)Nc2cc(C(=O)O)cnc2N2CCCCCC2)c1.O=C(O)C(F)(F)F. The van der Waals surface area contributed by atoms with E-state index in [9.17, 15) is 31.5 Å².